The molecule has 7 heteroatoms. The number of esters is 1. The quantitative estimate of drug-likeness (QED) is 0.756. The van der Waals surface area contributed by atoms with Crippen LogP contribution in [0, 0.1) is 0 Å². The number of nitrogens with zero attached hydrogens (tertiary/aromatic N) is 2. The normalized spacial score (nSPS) is 28.1. The van der Waals surface area contributed by atoms with E-state index in [0.717, 1.165) is 30.9 Å². The number of imidazole rings is 1. The zero-order chi connectivity index (χ0) is 14.3. The van der Waals surface area contributed by atoms with Gasteiger partial charge in [-0.2, -0.15) is 0 Å². The summed E-state index contributed by atoms with van der Waals surface area (Å²) in [6.45, 7) is 0.800. The monoisotopic (exact) mass is 298 g/mol. The van der Waals surface area contributed by atoms with Gasteiger partial charge in [0.2, 0.25) is 0 Å². The van der Waals surface area contributed by atoms with E-state index < -0.39 is 9.84 Å². The minimum Gasteiger partial charge on any atom is -0.469 e. The number of ether oxygens (including phenoxy) is 1. The van der Waals surface area contributed by atoms with Crippen LogP contribution in [0.1, 0.15) is 42.6 Å². The molecule has 1 aromatic heterocycles. The highest BCUT2D eigenvalue weighted by atomic mass is 32.2. The number of aromatic nitrogens is 2. The number of methoxy groups -OCH3 is 1. The Bertz CT molecular complexity index is 635. The standard InChI is InChI=1S/C13H18N2O4S/c1-19-13(16)10-3-2-5-15-11(10)7-14-12(15)9-4-6-20(17,18)8-9/h7,9-10H,2-6,8H2,1H3. The molecule has 2 atom stereocenters. The second-order valence-electron chi connectivity index (χ2n) is 5.51. The lowest BCUT2D eigenvalue weighted by Crippen LogP contribution is -2.24. The Hall–Kier alpha value is -1.37. The molecule has 110 valence electrons. The van der Waals surface area contributed by atoms with Gasteiger partial charge in [0.05, 0.1) is 30.2 Å². The molecule has 0 aromatic carbocycles. The first-order valence-corrected chi connectivity index (χ1v) is 8.67. The summed E-state index contributed by atoms with van der Waals surface area (Å²) < 4.78 is 30.1. The van der Waals surface area contributed by atoms with Gasteiger partial charge in [0.25, 0.3) is 0 Å². The van der Waals surface area contributed by atoms with E-state index in [4.69, 9.17) is 4.74 Å². The summed E-state index contributed by atoms with van der Waals surface area (Å²) in [5, 5.41) is 0. The second kappa shape index (κ2) is 4.87. The van der Waals surface area contributed by atoms with Crippen molar-refractivity contribution in [2.75, 3.05) is 18.6 Å². The molecule has 2 aliphatic heterocycles. The molecule has 2 aliphatic rings. The minimum absolute atomic E-state index is 0.0369. The van der Waals surface area contributed by atoms with E-state index in [-0.39, 0.29) is 29.3 Å². The third-order valence-corrected chi connectivity index (χ3v) is 6.00. The lowest BCUT2D eigenvalue weighted by molar-refractivity contribution is -0.143. The van der Waals surface area contributed by atoms with Gasteiger partial charge in [-0.15, -0.1) is 0 Å². The Balaban J connectivity index is 1.93. The number of carbonyl (C=O) groups excluding carboxylic acids is 1. The van der Waals surface area contributed by atoms with Crippen LogP contribution < -0.4 is 0 Å². The summed E-state index contributed by atoms with van der Waals surface area (Å²) in [7, 11) is -1.54. The number of rotatable bonds is 2. The molecule has 1 saturated heterocycles. The Labute approximate surface area is 118 Å². The van der Waals surface area contributed by atoms with Crippen molar-refractivity contribution in [2.24, 2.45) is 0 Å². The third kappa shape index (κ3) is 2.24. The zero-order valence-electron chi connectivity index (χ0n) is 11.4. The van der Waals surface area contributed by atoms with Gasteiger partial charge in [-0.05, 0) is 19.3 Å². The van der Waals surface area contributed by atoms with Gasteiger partial charge in [-0.25, -0.2) is 13.4 Å². The first-order valence-electron chi connectivity index (χ1n) is 6.85. The Morgan fingerprint density at radius 2 is 2.25 bits per heavy atom. The predicted molar refractivity (Wildman–Crippen MR) is 72.2 cm³/mol. The molecular formula is C13H18N2O4S. The van der Waals surface area contributed by atoms with Crippen molar-refractivity contribution in [2.45, 2.75) is 37.6 Å². The fourth-order valence-electron chi connectivity index (χ4n) is 3.23. The van der Waals surface area contributed by atoms with Gasteiger partial charge in [-0.3, -0.25) is 4.79 Å². The zero-order valence-corrected chi connectivity index (χ0v) is 12.2. The van der Waals surface area contributed by atoms with Crippen molar-refractivity contribution in [1.29, 1.82) is 0 Å². The molecule has 2 unspecified atom stereocenters. The van der Waals surface area contributed by atoms with Gasteiger partial charge in [-0.1, -0.05) is 0 Å². The molecule has 0 saturated carbocycles. The highest BCUT2D eigenvalue weighted by Crippen LogP contribution is 2.34. The number of hydrogen-bond donors (Lipinski definition) is 0. The molecule has 0 bridgehead atoms. The van der Waals surface area contributed by atoms with Crippen LogP contribution in [0.4, 0.5) is 0 Å². The Morgan fingerprint density at radius 3 is 2.90 bits per heavy atom. The van der Waals surface area contributed by atoms with Crippen LogP contribution in [-0.2, 0) is 25.9 Å². The fourth-order valence-corrected chi connectivity index (χ4v) is 4.97. The van der Waals surface area contributed by atoms with Crippen molar-refractivity contribution in [3.8, 4) is 0 Å². The maximum absolute atomic E-state index is 11.8. The molecule has 0 spiro atoms. The van der Waals surface area contributed by atoms with Crippen LogP contribution in [0.2, 0.25) is 0 Å². The van der Waals surface area contributed by atoms with E-state index >= 15 is 0 Å². The van der Waals surface area contributed by atoms with Gasteiger partial charge < -0.3 is 9.30 Å². The summed E-state index contributed by atoms with van der Waals surface area (Å²) in [5.74, 6) is 0.677. The van der Waals surface area contributed by atoms with Gasteiger partial charge >= 0.3 is 5.97 Å². The molecular weight excluding hydrogens is 280 g/mol. The predicted octanol–water partition coefficient (Wildman–Crippen LogP) is 0.836. The lowest BCUT2D eigenvalue weighted by Gasteiger charge is -2.24. The molecule has 0 N–H and O–H groups in total. The van der Waals surface area contributed by atoms with Crippen LogP contribution in [0.3, 0.4) is 0 Å². The minimum atomic E-state index is -2.93. The largest absolute Gasteiger partial charge is 0.469 e. The van der Waals surface area contributed by atoms with Gasteiger partial charge in [0.15, 0.2) is 9.84 Å². The van der Waals surface area contributed by atoms with Crippen molar-refractivity contribution in [1.82, 2.24) is 9.55 Å². The number of hydrogen-bond acceptors (Lipinski definition) is 5. The smallest absolute Gasteiger partial charge is 0.314 e. The average Bonchev–Trinajstić information content (AvgIpc) is 3.00. The van der Waals surface area contributed by atoms with Crippen molar-refractivity contribution >= 4 is 15.8 Å². The molecule has 3 heterocycles. The molecule has 0 radical (unpaired) electrons. The van der Waals surface area contributed by atoms with Crippen LogP contribution in [0.25, 0.3) is 0 Å². The topological polar surface area (TPSA) is 78.3 Å². The van der Waals surface area contributed by atoms with Gasteiger partial charge in [0, 0.05) is 18.7 Å². The third-order valence-electron chi connectivity index (χ3n) is 4.23. The molecule has 0 amide bonds. The number of sulfone groups is 1. The molecule has 3 rings (SSSR count). The van der Waals surface area contributed by atoms with Crippen molar-refractivity contribution < 1.29 is 17.9 Å². The Kier molecular flexibility index (Phi) is 3.32. The van der Waals surface area contributed by atoms with Crippen LogP contribution in [-0.4, -0.2) is 42.6 Å². The van der Waals surface area contributed by atoms with E-state index in [1.165, 1.54) is 7.11 Å². The summed E-state index contributed by atoms with van der Waals surface area (Å²) >= 11 is 0. The summed E-state index contributed by atoms with van der Waals surface area (Å²) in [5.41, 5.74) is 0.863. The fraction of sp³-hybridized carbons (Fsp3) is 0.692. The van der Waals surface area contributed by atoms with Crippen LogP contribution in [0.5, 0.6) is 0 Å². The maximum Gasteiger partial charge on any atom is 0.314 e. The average molecular weight is 298 g/mol. The number of fused-ring (bicyclic) bond motifs is 1. The molecule has 0 aliphatic carbocycles. The summed E-state index contributed by atoms with van der Waals surface area (Å²) in [6.07, 6.45) is 3.99. The van der Waals surface area contributed by atoms with E-state index in [0.29, 0.717) is 6.42 Å². The van der Waals surface area contributed by atoms with E-state index in [1.54, 1.807) is 6.20 Å². The van der Waals surface area contributed by atoms with Crippen molar-refractivity contribution in [3.05, 3.63) is 17.7 Å². The van der Waals surface area contributed by atoms with E-state index in [1.807, 2.05) is 4.57 Å². The molecule has 6 nitrogen and oxygen atoms in total. The van der Waals surface area contributed by atoms with Crippen LogP contribution in [0.15, 0.2) is 6.20 Å². The Morgan fingerprint density at radius 1 is 1.45 bits per heavy atom. The maximum atomic E-state index is 11.8. The van der Waals surface area contributed by atoms with E-state index in [9.17, 15) is 13.2 Å². The second-order valence-corrected chi connectivity index (χ2v) is 7.74. The molecule has 1 aromatic rings. The molecule has 20 heavy (non-hydrogen) atoms. The van der Waals surface area contributed by atoms with E-state index in [2.05, 4.69) is 4.98 Å². The summed E-state index contributed by atoms with van der Waals surface area (Å²) in [4.78, 5) is 16.2. The van der Waals surface area contributed by atoms with Crippen LogP contribution >= 0.6 is 0 Å². The van der Waals surface area contributed by atoms with Gasteiger partial charge in [0.1, 0.15) is 5.82 Å². The number of carbonyl (C=O) groups is 1. The highest BCUT2D eigenvalue weighted by Gasteiger charge is 2.35. The first kappa shape index (κ1) is 13.6. The summed E-state index contributed by atoms with van der Waals surface area (Å²) in [6, 6.07) is 0. The first-order chi connectivity index (χ1) is 9.52. The highest BCUT2D eigenvalue weighted by molar-refractivity contribution is 7.91. The van der Waals surface area contributed by atoms with Crippen molar-refractivity contribution in [3.63, 3.8) is 0 Å². The molecule has 1 fully saturated rings. The lowest BCUT2D eigenvalue weighted by atomic mass is 9.96. The SMILES string of the molecule is COC(=O)C1CCCn2c1cnc2C1CCS(=O)(=O)C1.